The molecule has 0 amide bonds. The summed E-state index contributed by atoms with van der Waals surface area (Å²) < 4.78 is 0. The van der Waals surface area contributed by atoms with Crippen LogP contribution in [-0.2, 0) is 0 Å². The number of rotatable bonds is 5. The summed E-state index contributed by atoms with van der Waals surface area (Å²) in [6.07, 6.45) is 0. The lowest BCUT2D eigenvalue weighted by atomic mass is 10.1. The Labute approximate surface area is 105 Å². The monoisotopic (exact) mass is 242 g/mol. The van der Waals surface area contributed by atoms with Gasteiger partial charge < -0.3 is 5.32 Å². The van der Waals surface area contributed by atoms with Crippen LogP contribution in [-0.4, -0.2) is 11.5 Å². The molecule has 0 spiro atoms. The van der Waals surface area contributed by atoms with Crippen LogP contribution in [0.15, 0.2) is 60.7 Å². The van der Waals surface area contributed by atoms with Gasteiger partial charge in [-0.05, 0) is 17.7 Å². The molecule has 0 aromatic heterocycles. The van der Waals surface area contributed by atoms with Crippen molar-refractivity contribution in [3.05, 3.63) is 76.3 Å². The van der Waals surface area contributed by atoms with Gasteiger partial charge in [-0.3, -0.25) is 10.1 Å². The van der Waals surface area contributed by atoms with E-state index in [1.165, 1.54) is 0 Å². The van der Waals surface area contributed by atoms with Crippen LogP contribution in [0.5, 0.6) is 0 Å². The largest absolute Gasteiger partial charge is 0.372 e. The fourth-order valence-electron chi connectivity index (χ4n) is 1.80. The van der Waals surface area contributed by atoms with Crippen molar-refractivity contribution < 1.29 is 4.92 Å². The third-order valence-electron chi connectivity index (χ3n) is 2.65. The summed E-state index contributed by atoms with van der Waals surface area (Å²) in [5.41, 5.74) is 1.80. The minimum Gasteiger partial charge on any atom is -0.372 e. The average molecular weight is 242 g/mol. The minimum absolute atomic E-state index is 0.140. The zero-order valence-electron chi connectivity index (χ0n) is 9.82. The zero-order chi connectivity index (χ0) is 12.8. The first kappa shape index (κ1) is 12.1. The maximum absolute atomic E-state index is 10.7. The molecule has 0 aliphatic carbocycles. The van der Waals surface area contributed by atoms with E-state index >= 15 is 0 Å². The van der Waals surface area contributed by atoms with Gasteiger partial charge in [-0.15, -0.1) is 0 Å². The van der Waals surface area contributed by atoms with Crippen LogP contribution in [0, 0.1) is 10.1 Å². The summed E-state index contributed by atoms with van der Waals surface area (Å²) in [5, 5.41) is 13.9. The lowest BCUT2D eigenvalue weighted by Crippen LogP contribution is -2.20. The topological polar surface area (TPSA) is 55.2 Å². The van der Waals surface area contributed by atoms with E-state index in [4.69, 9.17) is 0 Å². The van der Waals surface area contributed by atoms with Crippen LogP contribution in [0.1, 0.15) is 11.6 Å². The fraction of sp³-hybridized carbons (Fsp3) is 0.143. The van der Waals surface area contributed by atoms with Crippen molar-refractivity contribution in [1.29, 1.82) is 0 Å². The third-order valence-corrected chi connectivity index (χ3v) is 2.65. The smallest absolute Gasteiger partial charge is 0.227 e. The first-order chi connectivity index (χ1) is 8.75. The number of hydrogen-bond acceptors (Lipinski definition) is 3. The summed E-state index contributed by atoms with van der Waals surface area (Å²) in [7, 11) is 0. The van der Waals surface area contributed by atoms with Gasteiger partial charge in [-0.25, -0.2) is 0 Å². The predicted molar refractivity (Wildman–Crippen MR) is 71.1 cm³/mol. The molecule has 2 aromatic carbocycles. The molecule has 0 saturated carbocycles. The molecule has 0 aliphatic heterocycles. The van der Waals surface area contributed by atoms with Gasteiger partial charge in [0.15, 0.2) is 0 Å². The highest BCUT2D eigenvalue weighted by Gasteiger charge is 2.16. The highest BCUT2D eigenvalue weighted by Crippen LogP contribution is 2.19. The van der Waals surface area contributed by atoms with Gasteiger partial charge in [0, 0.05) is 10.6 Å². The maximum Gasteiger partial charge on any atom is 0.227 e. The molecule has 1 atom stereocenters. The fourth-order valence-corrected chi connectivity index (χ4v) is 1.80. The SMILES string of the molecule is O=[N+]([O-])CC(Nc1ccccc1)c1ccccc1. The van der Waals surface area contributed by atoms with Gasteiger partial charge in [-0.1, -0.05) is 48.5 Å². The molecule has 2 aromatic rings. The molecule has 0 saturated heterocycles. The Hall–Kier alpha value is -2.36. The number of anilines is 1. The Balaban J connectivity index is 2.18. The number of benzene rings is 2. The number of nitrogens with zero attached hydrogens (tertiary/aromatic N) is 1. The summed E-state index contributed by atoms with van der Waals surface area (Å²) in [5.74, 6) is 0. The van der Waals surface area contributed by atoms with Crippen molar-refractivity contribution in [2.24, 2.45) is 0 Å². The van der Waals surface area contributed by atoms with Gasteiger partial charge >= 0.3 is 0 Å². The Kier molecular flexibility index (Phi) is 3.91. The van der Waals surface area contributed by atoms with Crippen LogP contribution >= 0.6 is 0 Å². The van der Waals surface area contributed by atoms with Crippen molar-refractivity contribution in [2.75, 3.05) is 11.9 Å². The van der Waals surface area contributed by atoms with E-state index in [-0.39, 0.29) is 17.5 Å². The van der Waals surface area contributed by atoms with E-state index in [1.54, 1.807) is 0 Å². The van der Waals surface area contributed by atoms with E-state index in [2.05, 4.69) is 5.32 Å². The van der Waals surface area contributed by atoms with E-state index in [1.807, 2.05) is 60.7 Å². The molecule has 4 heteroatoms. The molecule has 0 heterocycles. The first-order valence-corrected chi connectivity index (χ1v) is 5.74. The minimum atomic E-state index is -0.316. The van der Waals surface area contributed by atoms with Crippen molar-refractivity contribution in [3.63, 3.8) is 0 Å². The van der Waals surface area contributed by atoms with E-state index in [0.29, 0.717) is 0 Å². The Morgan fingerprint density at radius 1 is 1.00 bits per heavy atom. The van der Waals surface area contributed by atoms with Gasteiger partial charge in [-0.2, -0.15) is 0 Å². The molecule has 1 N–H and O–H groups in total. The second kappa shape index (κ2) is 5.82. The van der Waals surface area contributed by atoms with Crippen molar-refractivity contribution in [1.82, 2.24) is 0 Å². The van der Waals surface area contributed by atoms with Crippen LogP contribution in [0.2, 0.25) is 0 Å². The van der Waals surface area contributed by atoms with Crippen molar-refractivity contribution >= 4 is 5.69 Å². The summed E-state index contributed by atoms with van der Waals surface area (Å²) in [6, 6.07) is 18.6. The second-order valence-electron chi connectivity index (χ2n) is 3.99. The number of nitro groups is 1. The van der Waals surface area contributed by atoms with Crippen LogP contribution in [0.3, 0.4) is 0 Å². The number of para-hydroxylation sites is 1. The number of hydrogen-bond donors (Lipinski definition) is 1. The zero-order valence-corrected chi connectivity index (χ0v) is 9.82. The standard InChI is InChI=1S/C14H14N2O2/c17-16(18)11-14(12-7-3-1-4-8-12)15-13-9-5-2-6-10-13/h1-10,14-15H,11H2. The first-order valence-electron chi connectivity index (χ1n) is 5.74. The molecule has 0 radical (unpaired) electrons. The lowest BCUT2D eigenvalue weighted by Gasteiger charge is -2.16. The molecule has 1 unspecified atom stereocenters. The molecule has 92 valence electrons. The van der Waals surface area contributed by atoms with Crippen LogP contribution in [0.25, 0.3) is 0 Å². The summed E-state index contributed by atoms with van der Waals surface area (Å²) >= 11 is 0. The maximum atomic E-state index is 10.7. The molecule has 0 fully saturated rings. The molecule has 2 rings (SSSR count). The molecule has 0 aliphatic rings. The predicted octanol–water partition coefficient (Wildman–Crippen LogP) is 3.12. The summed E-state index contributed by atoms with van der Waals surface area (Å²) in [4.78, 5) is 10.4. The third kappa shape index (κ3) is 3.31. The van der Waals surface area contributed by atoms with Gasteiger partial charge in [0.2, 0.25) is 6.54 Å². The van der Waals surface area contributed by atoms with Crippen molar-refractivity contribution in [2.45, 2.75) is 6.04 Å². The highest BCUT2D eigenvalue weighted by atomic mass is 16.6. The van der Waals surface area contributed by atoms with Crippen LogP contribution in [0.4, 0.5) is 5.69 Å². The van der Waals surface area contributed by atoms with Gasteiger partial charge in [0.1, 0.15) is 6.04 Å². The Bertz CT molecular complexity index is 500. The molecule has 0 bridgehead atoms. The quantitative estimate of drug-likeness (QED) is 0.647. The van der Waals surface area contributed by atoms with E-state index < -0.39 is 0 Å². The van der Waals surface area contributed by atoms with Crippen molar-refractivity contribution in [3.8, 4) is 0 Å². The van der Waals surface area contributed by atoms with E-state index in [9.17, 15) is 10.1 Å². The highest BCUT2D eigenvalue weighted by molar-refractivity contribution is 5.45. The molecule has 4 nitrogen and oxygen atoms in total. The number of nitrogens with one attached hydrogen (secondary N) is 1. The lowest BCUT2D eigenvalue weighted by molar-refractivity contribution is -0.482. The summed E-state index contributed by atoms with van der Waals surface area (Å²) in [6.45, 7) is -0.140. The Morgan fingerprint density at radius 3 is 2.11 bits per heavy atom. The van der Waals surface area contributed by atoms with E-state index in [0.717, 1.165) is 11.3 Å². The van der Waals surface area contributed by atoms with Crippen LogP contribution < -0.4 is 5.32 Å². The second-order valence-corrected chi connectivity index (χ2v) is 3.99. The Morgan fingerprint density at radius 2 is 1.56 bits per heavy atom. The molecular formula is C14H14N2O2. The molecule has 18 heavy (non-hydrogen) atoms. The molecular weight excluding hydrogens is 228 g/mol. The average Bonchev–Trinajstić information content (AvgIpc) is 2.40. The normalized spacial score (nSPS) is 11.8. The van der Waals surface area contributed by atoms with Gasteiger partial charge in [0.05, 0.1) is 0 Å². The van der Waals surface area contributed by atoms with Gasteiger partial charge in [0.25, 0.3) is 0 Å².